The SMILES string of the molecule is Nc1ccc(N2CCN(CCC3CCCO3)CC2)cn1. The molecular formula is C15H24N4O. The largest absolute Gasteiger partial charge is 0.384 e. The molecule has 0 spiro atoms. The molecule has 2 saturated heterocycles. The maximum atomic E-state index is 5.69. The maximum Gasteiger partial charge on any atom is 0.123 e. The second-order valence-corrected chi connectivity index (χ2v) is 5.69. The van der Waals surface area contributed by atoms with Crippen molar-refractivity contribution in [2.45, 2.75) is 25.4 Å². The molecule has 110 valence electrons. The Morgan fingerprint density at radius 1 is 1.25 bits per heavy atom. The molecule has 1 aromatic rings. The summed E-state index contributed by atoms with van der Waals surface area (Å²) in [6, 6.07) is 3.93. The van der Waals surface area contributed by atoms with Crippen molar-refractivity contribution >= 4 is 11.5 Å². The van der Waals surface area contributed by atoms with Crippen LogP contribution in [0.4, 0.5) is 11.5 Å². The van der Waals surface area contributed by atoms with E-state index in [0.29, 0.717) is 11.9 Å². The number of piperazine rings is 1. The monoisotopic (exact) mass is 276 g/mol. The first-order valence-electron chi connectivity index (χ1n) is 7.62. The van der Waals surface area contributed by atoms with Gasteiger partial charge in [-0.05, 0) is 31.4 Å². The van der Waals surface area contributed by atoms with E-state index in [4.69, 9.17) is 10.5 Å². The molecule has 0 amide bonds. The second kappa shape index (κ2) is 6.41. The molecule has 0 aromatic carbocycles. The van der Waals surface area contributed by atoms with Gasteiger partial charge in [0.1, 0.15) is 5.82 Å². The van der Waals surface area contributed by atoms with Crippen LogP contribution in [0.25, 0.3) is 0 Å². The van der Waals surface area contributed by atoms with Crippen molar-refractivity contribution in [2.24, 2.45) is 0 Å². The molecule has 2 aliphatic heterocycles. The van der Waals surface area contributed by atoms with E-state index in [1.165, 1.54) is 31.5 Å². The van der Waals surface area contributed by atoms with Crippen molar-refractivity contribution in [3.05, 3.63) is 18.3 Å². The van der Waals surface area contributed by atoms with Crippen LogP contribution in [-0.2, 0) is 4.74 Å². The van der Waals surface area contributed by atoms with E-state index >= 15 is 0 Å². The average molecular weight is 276 g/mol. The Morgan fingerprint density at radius 3 is 2.75 bits per heavy atom. The topological polar surface area (TPSA) is 54.6 Å². The number of hydrogen-bond acceptors (Lipinski definition) is 5. The van der Waals surface area contributed by atoms with Crippen molar-refractivity contribution in [1.82, 2.24) is 9.88 Å². The van der Waals surface area contributed by atoms with Gasteiger partial charge in [0.05, 0.1) is 18.0 Å². The van der Waals surface area contributed by atoms with Crippen LogP contribution in [0, 0.1) is 0 Å². The minimum Gasteiger partial charge on any atom is -0.384 e. The number of nitrogens with zero attached hydrogens (tertiary/aromatic N) is 3. The fraction of sp³-hybridized carbons (Fsp3) is 0.667. The summed E-state index contributed by atoms with van der Waals surface area (Å²) < 4.78 is 5.69. The Labute approximate surface area is 120 Å². The zero-order valence-electron chi connectivity index (χ0n) is 12.0. The van der Waals surface area contributed by atoms with Crippen LogP contribution in [0.5, 0.6) is 0 Å². The van der Waals surface area contributed by atoms with E-state index in [0.717, 1.165) is 32.8 Å². The highest BCUT2D eigenvalue weighted by Crippen LogP contribution is 2.18. The third-order valence-corrected chi connectivity index (χ3v) is 4.30. The van der Waals surface area contributed by atoms with Gasteiger partial charge in [0.2, 0.25) is 0 Å². The highest BCUT2D eigenvalue weighted by Gasteiger charge is 2.20. The van der Waals surface area contributed by atoms with Crippen LogP contribution in [0.2, 0.25) is 0 Å². The summed E-state index contributed by atoms with van der Waals surface area (Å²) in [5.41, 5.74) is 6.81. The molecule has 3 heterocycles. The van der Waals surface area contributed by atoms with Crippen LogP contribution in [0.1, 0.15) is 19.3 Å². The van der Waals surface area contributed by atoms with Crippen LogP contribution in [0.15, 0.2) is 18.3 Å². The number of nitrogens with two attached hydrogens (primary N) is 1. The molecule has 1 atom stereocenters. The normalized spacial score (nSPS) is 24.2. The predicted octanol–water partition coefficient (Wildman–Crippen LogP) is 1.35. The highest BCUT2D eigenvalue weighted by molar-refractivity contribution is 5.48. The Balaban J connectivity index is 1.43. The maximum absolute atomic E-state index is 5.69. The molecule has 20 heavy (non-hydrogen) atoms. The van der Waals surface area contributed by atoms with Gasteiger partial charge < -0.3 is 15.4 Å². The summed E-state index contributed by atoms with van der Waals surface area (Å²) in [5, 5.41) is 0. The lowest BCUT2D eigenvalue weighted by atomic mass is 10.1. The standard InChI is InChI=1S/C15H24N4O/c16-15-4-3-13(12-17-15)19-9-7-18(8-10-19)6-5-14-2-1-11-20-14/h3-4,12,14H,1-2,5-11H2,(H2,16,17). The van der Waals surface area contributed by atoms with Crippen LogP contribution < -0.4 is 10.6 Å². The summed E-state index contributed by atoms with van der Waals surface area (Å²) in [6.07, 6.45) is 6.05. The summed E-state index contributed by atoms with van der Waals surface area (Å²) in [5.74, 6) is 0.587. The van der Waals surface area contributed by atoms with Gasteiger partial charge >= 0.3 is 0 Å². The first kappa shape index (κ1) is 13.6. The number of aromatic nitrogens is 1. The lowest BCUT2D eigenvalue weighted by molar-refractivity contribution is 0.0911. The molecule has 0 bridgehead atoms. The fourth-order valence-corrected chi connectivity index (χ4v) is 3.01. The molecule has 1 unspecified atom stereocenters. The van der Waals surface area contributed by atoms with Gasteiger partial charge in [0, 0.05) is 39.3 Å². The van der Waals surface area contributed by atoms with Crippen molar-refractivity contribution in [2.75, 3.05) is 50.0 Å². The van der Waals surface area contributed by atoms with Gasteiger partial charge in [-0.1, -0.05) is 0 Å². The number of anilines is 2. The summed E-state index contributed by atoms with van der Waals surface area (Å²) in [6.45, 7) is 6.50. The Morgan fingerprint density at radius 2 is 2.10 bits per heavy atom. The van der Waals surface area contributed by atoms with E-state index < -0.39 is 0 Å². The number of rotatable bonds is 4. The average Bonchev–Trinajstić information content (AvgIpc) is 3.00. The number of nitrogen functional groups attached to an aromatic ring is 1. The first-order valence-corrected chi connectivity index (χ1v) is 7.62. The lowest BCUT2D eigenvalue weighted by Gasteiger charge is -2.36. The molecule has 2 N–H and O–H groups in total. The summed E-state index contributed by atoms with van der Waals surface area (Å²) in [4.78, 5) is 9.10. The van der Waals surface area contributed by atoms with Crippen molar-refractivity contribution in [3.8, 4) is 0 Å². The molecule has 0 radical (unpaired) electrons. The van der Waals surface area contributed by atoms with E-state index in [1.54, 1.807) is 0 Å². The number of hydrogen-bond donors (Lipinski definition) is 1. The van der Waals surface area contributed by atoms with E-state index in [9.17, 15) is 0 Å². The number of pyridine rings is 1. The molecule has 0 saturated carbocycles. The van der Waals surface area contributed by atoms with Crippen molar-refractivity contribution in [1.29, 1.82) is 0 Å². The fourth-order valence-electron chi connectivity index (χ4n) is 3.01. The van der Waals surface area contributed by atoms with Gasteiger partial charge in [-0.15, -0.1) is 0 Å². The third-order valence-electron chi connectivity index (χ3n) is 4.30. The molecule has 5 nitrogen and oxygen atoms in total. The molecule has 1 aromatic heterocycles. The van der Waals surface area contributed by atoms with Crippen molar-refractivity contribution in [3.63, 3.8) is 0 Å². The first-order chi connectivity index (χ1) is 9.81. The van der Waals surface area contributed by atoms with Crippen LogP contribution in [-0.4, -0.2) is 55.3 Å². The van der Waals surface area contributed by atoms with Gasteiger partial charge in [0.15, 0.2) is 0 Å². The van der Waals surface area contributed by atoms with Crippen LogP contribution in [0.3, 0.4) is 0 Å². The zero-order valence-corrected chi connectivity index (χ0v) is 12.0. The Kier molecular flexibility index (Phi) is 4.38. The minimum absolute atomic E-state index is 0.509. The smallest absolute Gasteiger partial charge is 0.123 e. The summed E-state index contributed by atoms with van der Waals surface area (Å²) in [7, 11) is 0. The van der Waals surface area contributed by atoms with Gasteiger partial charge in [0.25, 0.3) is 0 Å². The quantitative estimate of drug-likeness (QED) is 0.900. The highest BCUT2D eigenvalue weighted by atomic mass is 16.5. The Hall–Kier alpha value is -1.33. The predicted molar refractivity (Wildman–Crippen MR) is 80.9 cm³/mol. The van der Waals surface area contributed by atoms with Gasteiger partial charge in [-0.3, -0.25) is 4.90 Å². The molecule has 0 aliphatic carbocycles. The second-order valence-electron chi connectivity index (χ2n) is 5.69. The molecule has 2 aliphatic rings. The summed E-state index contributed by atoms with van der Waals surface area (Å²) >= 11 is 0. The zero-order chi connectivity index (χ0) is 13.8. The van der Waals surface area contributed by atoms with E-state index in [-0.39, 0.29) is 0 Å². The van der Waals surface area contributed by atoms with E-state index in [1.807, 2.05) is 12.3 Å². The molecule has 5 heteroatoms. The van der Waals surface area contributed by atoms with Gasteiger partial charge in [-0.2, -0.15) is 0 Å². The van der Waals surface area contributed by atoms with Crippen LogP contribution >= 0.6 is 0 Å². The molecule has 3 rings (SSSR count). The minimum atomic E-state index is 0.509. The lowest BCUT2D eigenvalue weighted by Crippen LogP contribution is -2.47. The van der Waals surface area contributed by atoms with Crippen molar-refractivity contribution < 1.29 is 4.74 Å². The Bertz CT molecular complexity index is 408. The van der Waals surface area contributed by atoms with E-state index in [2.05, 4.69) is 20.9 Å². The third kappa shape index (κ3) is 3.41. The number of ether oxygens (including phenoxy) is 1. The molecule has 2 fully saturated rings. The van der Waals surface area contributed by atoms with Gasteiger partial charge in [-0.25, -0.2) is 4.98 Å². The molecular weight excluding hydrogens is 252 g/mol.